The summed E-state index contributed by atoms with van der Waals surface area (Å²) in [5.74, 6) is 2.51. The second-order valence-corrected chi connectivity index (χ2v) is 11.6. The van der Waals surface area contributed by atoms with E-state index in [1.807, 2.05) is 109 Å². The van der Waals surface area contributed by atoms with Gasteiger partial charge in [-0.2, -0.15) is 21.0 Å². The molecular formula is C40H38N4O2. The van der Waals surface area contributed by atoms with E-state index in [1.165, 1.54) is 0 Å². The summed E-state index contributed by atoms with van der Waals surface area (Å²) in [5.41, 5.74) is 5.39. The molecule has 46 heavy (non-hydrogen) atoms. The first-order chi connectivity index (χ1) is 22.2. The molecule has 0 aliphatic heterocycles. The van der Waals surface area contributed by atoms with Crippen LogP contribution in [0.2, 0.25) is 0 Å². The van der Waals surface area contributed by atoms with E-state index in [2.05, 4.69) is 27.7 Å². The quantitative estimate of drug-likeness (QED) is 0.133. The predicted molar refractivity (Wildman–Crippen MR) is 185 cm³/mol. The van der Waals surface area contributed by atoms with Gasteiger partial charge in [0, 0.05) is 11.1 Å². The molecular weight excluding hydrogens is 568 g/mol. The fraction of sp³-hybridized carbons (Fsp3) is 0.250. The van der Waals surface area contributed by atoms with Crippen molar-refractivity contribution < 1.29 is 9.47 Å². The minimum absolute atomic E-state index is 0.0598. The van der Waals surface area contributed by atoms with Crippen molar-refractivity contribution in [1.82, 2.24) is 0 Å². The highest BCUT2D eigenvalue weighted by Gasteiger charge is 2.11. The van der Waals surface area contributed by atoms with Gasteiger partial charge in [0.2, 0.25) is 0 Å². The molecule has 0 bridgehead atoms. The second-order valence-electron chi connectivity index (χ2n) is 11.6. The maximum Gasteiger partial charge on any atom is 0.130 e. The molecule has 0 heterocycles. The van der Waals surface area contributed by atoms with E-state index in [0.717, 1.165) is 57.7 Å². The van der Waals surface area contributed by atoms with Crippen LogP contribution in [0.3, 0.4) is 0 Å². The summed E-state index contributed by atoms with van der Waals surface area (Å²) in [5, 5.41) is 36.2. The van der Waals surface area contributed by atoms with Gasteiger partial charge in [0.05, 0.1) is 13.2 Å². The van der Waals surface area contributed by atoms with Gasteiger partial charge < -0.3 is 9.47 Å². The third-order valence-corrected chi connectivity index (χ3v) is 6.94. The summed E-state index contributed by atoms with van der Waals surface area (Å²) in [6.45, 7) is 9.84. The molecule has 3 aromatic rings. The molecule has 0 saturated heterocycles. The van der Waals surface area contributed by atoms with Crippen LogP contribution in [0.25, 0.3) is 36.5 Å². The van der Waals surface area contributed by atoms with Crippen molar-refractivity contribution in [2.45, 2.75) is 40.5 Å². The zero-order valence-electron chi connectivity index (χ0n) is 26.8. The Bertz CT molecular complexity index is 1600. The van der Waals surface area contributed by atoms with Gasteiger partial charge in [0.15, 0.2) is 0 Å². The maximum absolute atomic E-state index is 9.04. The number of hydrogen-bond donors (Lipinski definition) is 0. The van der Waals surface area contributed by atoms with Crippen LogP contribution < -0.4 is 9.47 Å². The van der Waals surface area contributed by atoms with E-state index in [1.54, 1.807) is 12.2 Å². The molecule has 6 heteroatoms. The summed E-state index contributed by atoms with van der Waals surface area (Å²) >= 11 is 0. The van der Waals surface area contributed by atoms with Crippen molar-refractivity contribution in [2.75, 3.05) is 13.2 Å². The first-order valence-electron chi connectivity index (χ1n) is 15.3. The second kappa shape index (κ2) is 18.1. The average Bonchev–Trinajstić information content (AvgIpc) is 3.05. The molecule has 0 aromatic heterocycles. The van der Waals surface area contributed by atoms with Crippen LogP contribution in [0.1, 0.15) is 73.9 Å². The van der Waals surface area contributed by atoms with Gasteiger partial charge in [-0.25, -0.2) is 0 Å². The van der Waals surface area contributed by atoms with Crippen LogP contribution in [0.4, 0.5) is 0 Å². The Balaban J connectivity index is 1.98. The number of allylic oxidation sites excluding steroid dienone is 2. The largest absolute Gasteiger partial charge is 0.493 e. The lowest BCUT2D eigenvalue weighted by atomic mass is 10.0. The molecule has 0 spiro atoms. The lowest BCUT2D eigenvalue weighted by Gasteiger charge is -2.16. The summed E-state index contributed by atoms with van der Waals surface area (Å²) in [7, 11) is 0. The van der Waals surface area contributed by atoms with Crippen LogP contribution in [0.15, 0.2) is 71.8 Å². The summed E-state index contributed by atoms with van der Waals surface area (Å²) in [6, 6.07) is 26.8. The van der Waals surface area contributed by atoms with Crippen molar-refractivity contribution >= 4 is 36.5 Å². The Hall–Kier alpha value is -5.82. The van der Waals surface area contributed by atoms with Crippen molar-refractivity contribution in [3.8, 4) is 35.8 Å². The lowest BCUT2D eigenvalue weighted by molar-refractivity contribution is 0.281. The molecule has 3 aromatic carbocycles. The van der Waals surface area contributed by atoms with Crippen LogP contribution in [0, 0.1) is 57.2 Å². The minimum Gasteiger partial charge on any atom is -0.493 e. The highest BCUT2D eigenvalue weighted by atomic mass is 16.5. The Labute approximate surface area is 273 Å². The van der Waals surface area contributed by atoms with E-state index in [-0.39, 0.29) is 11.1 Å². The fourth-order valence-corrected chi connectivity index (χ4v) is 4.20. The maximum atomic E-state index is 9.04. The van der Waals surface area contributed by atoms with Gasteiger partial charge in [-0.05, 0) is 71.2 Å². The average molecular weight is 607 g/mol. The Kier molecular flexibility index (Phi) is 13.6. The number of hydrogen-bond acceptors (Lipinski definition) is 6. The van der Waals surface area contributed by atoms with Crippen molar-refractivity contribution in [1.29, 1.82) is 21.0 Å². The van der Waals surface area contributed by atoms with E-state index in [9.17, 15) is 0 Å². The molecule has 0 radical (unpaired) electrons. The number of benzene rings is 3. The van der Waals surface area contributed by atoms with Gasteiger partial charge in [-0.1, -0.05) is 101 Å². The number of nitriles is 4. The predicted octanol–water partition coefficient (Wildman–Crippen LogP) is 9.74. The Morgan fingerprint density at radius 2 is 0.870 bits per heavy atom. The van der Waals surface area contributed by atoms with Crippen molar-refractivity contribution in [2.24, 2.45) is 11.8 Å². The van der Waals surface area contributed by atoms with Crippen molar-refractivity contribution in [3.63, 3.8) is 0 Å². The SMILES string of the molecule is CC(C)CCOc1cc(/C=C/c2ccc(C=C(C#N)C#N)cc2)c(OCCC(C)C)cc1/C=C/c1ccc(C=C(C#N)C#N)cc1. The molecule has 0 unspecified atom stereocenters. The highest BCUT2D eigenvalue weighted by molar-refractivity contribution is 5.79. The normalized spacial score (nSPS) is 10.7. The molecule has 0 fully saturated rings. The molecule has 6 nitrogen and oxygen atoms in total. The van der Waals surface area contributed by atoms with Crippen LogP contribution in [-0.4, -0.2) is 13.2 Å². The van der Waals surface area contributed by atoms with E-state index >= 15 is 0 Å². The van der Waals surface area contributed by atoms with Crippen LogP contribution >= 0.6 is 0 Å². The number of nitrogens with zero attached hydrogens (tertiary/aromatic N) is 4. The topological polar surface area (TPSA) is 114 Å². The molecule has 0 aliphatic carbocycles. The zero-order chi connectivity index (χ0) is 33.3. The minimum atomic E-state index is 0.0598. The summed E-state index contributed by atoms with van der Waals surface area (Å²) < 4.78 is 12.6. The third-order valence-electron chi connectivity index (χ3n) is 6.94. The number of ether oxygens (including phenoxy) is 2. The van der Waals surface area contributed by atoms with Crippen LogP contribution in [-0.2, 0) is 0 Å². The molecule has 0 N–H and O–H groups in total. The van der Waals surface area contributed by atoms with Crippen LogP contribution in [0.5, 0.6) is 11.5 Å². The molecule has 0 amide bonds. The molecule has 230 valence electrons. The molecule has 0 aliphatic rings. The van der Waals surface area contributed by atoms with Gasteiger partial charge in [-0.3, -0.25) is 0 Å². The Morgan fingerprint density at radius 3 is 1.17 bits per heavy atom. The van der Waals surface area contributed by atoms with Gasteiger partial charge >= 0.3 is 0 Å². The Morgan fingerprint density at radius 1 is 0.543 bits per heavy atom. The van der Waals surface area contributed by atoms with Crippen molar-refractivity contribution in [3.05, 3.63) is 105 Å². The van der Waals surface area contributed by atoms with E-state index in [4.69, 9.17) is 30.5 Å². The third kappa shape index (κ3) is 11.4. The van der Waals surface area contributed by atoms with Gasteiger partial charge in [0.1, 0.15) is 46.9 Å². The first-order valence-corrected chi connectivity index (χ1v) is 15.3. The molecule has 0 saturated carbocycles. The fourth-order valence-electron chi connectivity index (χ4n) is 4.20. The summed E-state index contributed by atoms with van der Waals surface area (Å²) in [4.78, 5) is 0. The van der Waals surface area contributed by atoms with E-state index in [0.29, 0.717) is 25.0 Å². The zero-order valence-corrected chi connectivity index (χ0v) is 26.8. The molecule has 3 rings (SSSR count). The first kappa shape index (κ1) is 34.7. The summed E-state index contributed by atoms with van der Waals surface area (Å²) in [6.07, 6.45) is 13.0. The molecule has 0 atom stereocenters. The van der Waals surface area contributed by atoms with Gasteiger partial charge in [-0.15, -0.1) is 0 Å². The lowest BCUT2D eigenvalue weighted by Crippen LogP contribution is -2.05. The van der Waals surface area contributed by atoms with Gasteiger partial charge in [0.25, 0.3) is 0 Å². The smallest absolute Gasteiger partial charge is 0.130 e. The van der Waals surface area contributed by atoms with E-state index < -0.39 is 0 Å². The highest BCUT2D eigenvalue weighted by Crippen LogP contribution is 2.33. The monoisotopic (exact) mass is 606 g/mol. The number of rotatable bonds is 14. The standard InChI is InChI=1S/C40H38N4O2/c1-29(2)17-19-45-39-23-38(16-14-32-7-11-34(12-8-32)22-36(27-43)28-44)40(46-20-18-30(3)4)24-37(39)15-13-31-5-9-33(10-6-31)21-35(25-41)26-42/h5-16,21-24,29-30H,17-20H2,1-4H3/b15-13+,16-14+.